The summed E-state index contributed by atoms with van der Waals surface area (Å²) < 4.78 is 10.5. The zero-order chi connectivity index (χ0) is 15.2. The maximum absolute atomic E-state index is 12.1. The number of hydrogen-bond donors (Lipinski definition) is 2. The van der Waals surface area contributed by atoms with Gasteiger partial charge in [-0.25, -0.2) is 4.79 Å². The van der Waals surface area contributed by atoms with Crippen molar-refractivity contribution in [2.45, 2.75) is 18.6 Å². The summed E-state index contributed by atoms with van der Waals surface area (Å²) in [4.78, 5) is 26.5. The molecule has 1 saturated heterocycles. The van der Waals surface area contributed by atoms with Crippen LogP contribution < -0.4 is 5.32 Å². The number of ether oxygens (including phenoxy) is 2. The first kappa shape index (κ1) is 15.7. The second-order valence-corrected chi connectivity index (χ2v) is 5.02. The Hall–Kier alpha value is -1.70. The first-order chi connectivity index (χ1) is 10.1. The molecule has 21 heavy (non-hydrogen) atoms. The number of rotatable bonds is 5. The number of aliphatic carboxylic acids is 1. The van der Waals surface area contributed by atoms with E-state index >= 15 is 0 Å². The monoisotopic (exact) mass is 314 g/mol. The number of nitrogens with one attached hydrogen (secondary N) is 1. The summed E-state index contributed by atoms with van der Waals surface area (Å²) in [5.41, 5.74) is 0.339. The van der Waals surface area contributed by atoms with E-state index in [4.69, 9.17) is 26.2 Å². The molecule has 0 bridgehead atoms. The van der Waals surface area contributed by atoms with Crippen LogP contribution in [0.25, 0.3) is 0 Å². The molecule has 0 saturated carbocycles. The SMILES string of the molecule is O=C(O)CO[C@@H]1COCC[C@H]1NC(=O)c1cncc(Cl)c1. The van der Waals surface area contributed by atoms with Crippen molar-refractivity contribution >= 4 is 23.5 Å². The van der Waals surface area contributed by atoms with Crippen molar-refractivity contribution in [2.75, 3.05) is 19.8 Å². The molecular weight excluding hydrogens is 300 g/mol. The topological polar surface area (TPSA) is 97.8 Å². The van der Waals surface area contributed by atoms with Gasteiger partial charge in [-0.3, -0.25) is 9.78 Å². The Morgan fingerprint density at radius 1 is 1.52 bits per heavy atom. The summed E-state index contributed by atoms with van der Waals surface area (Å²) in [7, 11) is 0. The fourth-order valence-electron chi connectivity index (χ4n) is 2.01. The number of amides is 1. The number of aromatic nitrogens is 1. The van der Waals surface area contributed by atoms with Gasteiger partial charge in [-0.05, 0) is 12.5 Å². The van der Waals surface area contributed by atoms with Crippen LogP contribution in [0.15, 0.2) is 18.5 Å². The highest BCUT2D eigenvalue weighted by Gasteiger charge is 2.28. The van der Waals surface area contributed by atoms with Gasteiger partial charge in [-0.1, -0.05) is 11.6 Å². The van der Waals surface area contributed by atoms with Crippen LogP contribution in [0.3, 0.4) is 0 Å². The number of halogens is 1. The summed E-state index contributed by atoms with van der Waals surface area (Å²) >= 11 is 5.79. The molecule has 1 aromatic rings. The summed E-state index contributed by atoms with van der Waals surface area (Å²) in [6.45, 7) is 0.289. The lowest BCUT2D eigenvalue weighted by Gasteiger charge is -2.31. The number of nitrogens with zero attached hydrogens (tertiary/aromatic N) is 1. The van der Waals surface area contributed by atoms with Crippen LogP contribution in [-0.2, 0) is 14.3 Å². The van der Waals surface area contributed by atoms with Gasteiger partial charge in [0.25, 0.3) is 5.91 Å². The molecular formula is C13H15ClN2O5. The molecule has 2 N–H and O–H groups in total. The molecule has 1 aromatic heterocycles. The molecule has 0 unspecified atom stereocenters. The summed E-state index contributed by atoms with van der Waals surface area (Å²) in [6, 6.07) is 1.20. The molecule has 0 aliphatic carbocycles. The predicted molar refractivity (Wildman–Crippen MR) is 73.3 cm³/mol. The van der Waals surface area contributed by atoms with Gasteiger partial charge < -0.3 is 19.9 Å². The van der Waals surface area contributed by atoms with Gasteiger partial charge in [0, 0.05) is 19.0 Å². The van der Waals surface area contributed by atoms with Gasteiger partial charge >= 0.3 is 5.97 Å². The average Bonchev–Trinajstić information content (AvgIpc) is 2.46. The van der Waals surface area contributed by atoms with Crippen molar-refractivity contribution in [1.29, 1.82) is 0 Å². The third kappa shape index (κ3) is 4.66. The lowest BCUT2D eigenvalue weighted by molar-refractivity contribution is -0.148. The van der Waals surface area contributed by atoms with Crippen molar-refractivity contribution in [2.24, 2.45) is 0 Å². The van der Waals surface area contributed by atoms with Crippen LogP contribution in [0, 0.1) is 0 Å². The van der Waals surface area contributed by atoms with Crippen LogP contribution >= 0.6 is 11.6 Å². The Labute approximate surface area is 126 Å². The van der Waals surface area contributed by atoms with Crippen LogP contribution in [0.1, 0.15) is 16.8 Å². The second kappa shape index (κ2) is 7.35. The fraction of sp³-hybridized carbons (Fsp3) is 0.462. The first-order valence-electron chi connectivity index (χ1n) is 6.39. The minimum absolute atomic E-state index is 0.242. The van der Waals surface area contributed by atoms with Crippen molar-refractivity contribution in [3.05, 3.63) is 29.0 Å². The minimum Gasteiger partial charge on any atom is -0.480 e. The molecule has 0 spiro atoms. The van der Waals surface area contributed by atoms with E-state index in [2.05, 4.69) is 10.3 Å². The Morgan fingerprint density at radius 2 is 2.33 bits per heavy atom. The first-order valence-corrected chi connectivity index (χ1v) is 6.76. The number of carboxylic acids is 1. The maximum Gasteiger partial charge on any atom is 0.329 e. The van der Waals surface area contributed by atoms with E-state index in [0.29, 0.717) is 23.6 Å². The van der Waals surface area contributed by atoms with E-state index in [9.17, 15) is 9.59 Å². The average molecular weight is 315 g/mol. The largest absolute Gasteiger partial charge is 0.480 e. The Balaban J connectivity index is 1.98. The van der Waals surface area contributed by atoms with E-state index in [1.54, 1.807) is 0 Å². The highest BCUT2D eigenvalue weighted by atomic mass is 35.5. The number of hydrogen-bond acceptors (Lipinski definition) is 5. The number of carbonyl (C=O) groups excluding carboxylic acids is 1. The Morgan fingerprint density at radius 3 is 3.05 bits per heavy atom. The van der Waals surface area contributed by atoms with Gasteiger partial charge in [-0.15, -0.1) is 0 Å². The smallest absolute Gasteiger partial charge is 0.329 e. The van der Waals surface area contributed by atoms with Crippen molar-refractivity contribution < 1.29 is 24.2 Å². The normalized spacial score (nSPS) is 21.8. The van der Waals surface area contributed by atoms with Crippen molar-refractivity contribution in [3.8, 4) is 0 Å². The standard InChI is InChI=1S/C13H15ClN2O5/c14-9-3-8(4-15-5-9)13(19)16-10-1-2-20-6-11(10)21-7-12(17)18/h3-5,10-11H,1-2,6-7H2,(H,16,19)(H,17,18)/t10-,11-/m1/s1. The third-order valence-corrected chi connectivity index (χ3v) is 3.22. The quantitative estimate of drug-likeness (QED) is 0.831. The summed E-state index contributed by atoms with van der Waals surface area (Å²) in [5.74, 6) is -1.40. The van der Waals surface area contributed by atoms with Gasteiger partial charge in [0.05, 0.1) is 23.2 Å². The third-order valence-electron chi connectivity index (χ3n) is 3.01. The van der Waals surface area contributed by atoms with E-state index < -0.39 is 18.7 Å². The zero-order valence-corrected chi connectivity index (χ0v) is 11.9. The predicted octanol–water partition coefficient (Wildman–Crippen LogP) is 0.724. The Kier molecular flexibility index (Phi) is 5.49. The van der Waals surface area contributed by atoms with Gasteiger partial charge in [0.15, 0.2) is 0 Å². The van der Waals surface area contributed by atoms with Gasteiger partial charge in [0.2, 0.25) is 0 Å². The lowest BCUT2D eigenvalue weighted by Crippen LogP contribution is -2.50. The molecule has 114 valence electrons. The molecule has 2 rings (SSSR count). The fourth-order valence-corrected chi connectivity index (χ4v) is 2.18. The van der Waals surface area contributed by atoms with Gasteiger partial charge in [-0.2, -0.15) is 0 Å². The van der Waals surface area contributed by atoms with Gasteiger partial charge in [0.1, 0.15) is 12.7 Å². The molecule has 7 nitrogen and oxygen atoms in total. The van der Waals surface area contributed by atoms with Crippen LogP contribution in [0.2, 0.25) is 5.02 Å². The molecule has 0 aromatic carbocycles. The highest BCUT2D eigenvalue weighted by Crippen LogP contribution is 2.14. The van der Waals surface area contributed by atoms with Crippen LogP contribution in [-0.4, -0.2) is 53.9 Å². The lowest BCUT2D eigenvalue weighted by atomic mass is 10.1. The number of pyridine rings is 1. The molecule has 8 heteroatoms. The molecule has 0 radical (unpaired) electrons. The second-order valence-electron chi connectivity index (χ2n) is 4.58. The van der Waals surface area contributed by atoms with E-state index in [-0.39, 0.29) is 18.6 Å². The molecule has 1 aliphatic rings. The summed E-state index contributed by atoms with van der Waals surface area (Å²) in [5, 5.41) is 11.8. The highest BCUT2D eigenvalue weighted by molar-refractivity contribution is 6.30. The van der Waals surface area contributed by atoms with E-state index in [0.717, 1.165) is 0 Å². The molecule has 2 atom stereocenters. The number of carboxylic acid groups (broad SMARTS) is 1. The number of carbonyl (C=O) groups is 2. The molecule has 1 fully saturated rings. The maximum atomic E-state index is 12.1. The summed E-state index contributed by atoms with van der Waals surface area (Å²) in [6.07, 6.45) is 2.90. The zero-order valence-electron chi connectivity index (χ0n) is 11.1. The molecule has 1 aliphatic heterocycles. The van der Waals surface area contributed by atoms with E-state index in [1.807, 2.05) is 0 Å². The van der Waals surface area contributed by atoms with Crippen molar-refractivity contribution in [3.63, 3.8) is 0 Å². The van der Waals surface area contributed by atoms with Crippen molar-refractivity contribution in [1.82, 2.24) is 10.3 Å². The minimum atomic E-state index is -1.07. The van der Waals surface area contributed by atoms with E-state index in [1.165, 1.54) is 18.5 Å². The Bertz CT molecular complexity index is 525. The van der Waals surface area contributed by atoms with Crippen LogP contribution in [0.4, 0.5) is 0 Å². The van der Waals surface area contributed by atoms with Crippen LogP contribution in [0.5, 0.6) is 0 Å². The molecule has 1 amide bonds. The molecule has 2 heterocycles.